The van der Waals surface area contributed by atoms with E-state index in [2.05, 4.69) is 24.2 Å². The van der Waals surface area contributed by atoms with Gasteiger partial charge < -0.3 is 15.5 Å². The highest BCUT2D eigenvalue weighted by molar-refractivity contribution is 5.85. The zero-order valence-electron chi connectivity index (χ0n) is 6.83. The minimum atomic E-state index is -1.45. The first-order valence-corrected chi connectivity index (χ1v) is 3.66. The molecule has 4 heteroatoms. The van der Waals surface area contributed by atoms with Gasteiger partial charge in [-0.1, -0.05) is 13.8 Å². The average molecular weight is 158 g/mol. The molecule has 4 nitrogen and oxygen atoms in total. The van der Waals surface area contributed by atoms with Crippen LogP contribution < -0.4 is 5.32 Å². The Labute approximate surface area is 66.0 Å². The molecule has 0 fully saturated rings. The highest BCUT2D eigenvalue weighted by atomic mass is 16.5. The molecule has 1 aliphatic rings. The fourth-order valence-electron chi connectivity index (χ4n) is 0.914. The van der Waals surface area contributed by atoms with E-state index < -0.39 is 6.29 Å². The number of hydrogen-bond acceptors (Lipinski definition) is 4. The maximum absolute atomic E-state index is 8.71. The fourth-order valence-corrected chi connectivity index (χ4v) is 0.914. The summed E-state index contributed by atoms with van der Waals surface area (Å²) in [5, 5.41) is 20.3. The van der Waals surface area contributed by atoms with Gasteiger partial charge in [0.05, 0.1) is 0 Å². The van der Waals surface area contributed by atoms with Gasteiger partial charge >= 0.3 is 0 Å². The Hall–Kier alpha value is -0.610. The second-order valence-corrected chi connectivity index (χ2v) is 3.59. The van der Waals surface area contributed by atoms with Crippen LogP contribution in [-0.4, -0.2) is 35.4 Å². The molecule has 0 saturated heterocycles. The predicted octanol–water partition coefficient (Wildman–Crippen LogP) is -0.675. The Morgan fingerprint density at radius 2 is 2.18 bits per heavy atom. The van der Waals surface area contributed by atoms with E-state index in [4.69, 9.17) is 10.2 Å². The van der Waals surface area contributed by atoms with E-state index in [9.17, 15) is 0 Å². The Bertz CT molecular complexity index is 175. The summed E-state index contributed by atoms with van der Waals surface area (Å²) in [5.41, 5.74) is 0.123. The number of rotatable bonds is 1. The minimum absolute atomic E-state index is 0.123. The van der Waals surface area contributed by atoms with Crippen LogP contribution in [0.3, 0.4) is 0 Å². The van der Waals surface area contributed by atoms with Gasteiger partial charge in [0.15, 0.2) is 5.84 Å². The average Bonchev–Trinajstić information content (AvgIpc) is 1.86. The first kappa shape index (κ1) is 8.49. The molecule has 3 N–H and O–H groups in total. The molecule has 0 unspecified atom stereocenters. The standard InChI is InChI=1S/C7H14N2O2/c1-7(2)3-8-5(6(10)11)9-4-7/h6,10-11H,3-4H2,1-2H3,(H,8,9). The molecule has 0 bridgehead atoms. The van der Waals surface area contributed by atoms with Crippen molar-refractivity contribution in [2.75, 3.05) is 13.1 Å². The van der Waals surface area contributed by atoms with Crippen LogP contribution in [-0.2, 0) is 0 Å². The second-order valence-electron chi connectivity index (χ2n) is 3.59. The molecule has 0 aromatic carbocycles. The van der Waals surface area contributed by atoms with Crippen molar-refractivity contribution in [3.05, 3.63) is 0 Å². The van der Waals surface area contributed by atoms with E-state index in [0.717, 1.165) is 6.54 Å². The van der Waals surface area contributed by atoms with Crippen LogP contribution in [0, 0.1) is 5.41 Å². The molecule has 0 aromatic heterocycles. The summed E-state index contributed by atoms with van der Waals surface area (Å²) in [6.45, 7) is 5.53. The van der Waals surface area contributed by atoms with E-state index in [0.29, 0.717) is 6.54 Å². The van der Waals surface area contributed by atoms with E-state index >= 15 is 0 Å². The number of amidine groups is 1. The summed E-state index contributed by atoms with van der Waals surface area (Å²) in [7, 11) is 0. The van der Waals surface area contributed by atoms with Gasteiger partial charge in [-0.15, -0.1) is 0 Å². The van der Waals surface area contributed by atoms with Gasteiger partial charge in [0, 0.05) is 18.5 Å². The lowest BCUT2D eigenvalue weighted by molar-refractivity contribution is 0.0150. The molecule has 1 rings (SSSR count). The third kappa shape index (κ3) is 2.17. The summed E-state index contributed by atoms with van der Waals surface area (Å²) in [5.74, 6) is 0.282. The highest BCUT2D eigenvalue weighted by Crippen LogP contribution is 2.16. The zero-order valence-corrected chi connectivity index (χ0v) is 6.83. The Balaban J connectivity index is 2.58. The van der Waals surface area contributed by atoms with E-state index in [1.807, 2.05) is 0 Å². The van der Waals surface area contributed by atoms with E-state index in [-0.39, 0.29) is 11.3 Å². The molecule has 0 spiro atoms. The molecule has 0 aliphatic carbocycles. The smallest absolute Gasteiger partial charge is 0.211 e. The molecular weight excluding hydrogens is 144 g/mol. The van der Waals surface area contributed by atoms with Crippen molar-refractivity contribution < 1.29 is 10.2 Å². The number of aliphatic hydroxyl groups is 2. The maximum atomic E-state index is 8.71. The van der Waals surface area contributed by atoms with Gasteiger partial charge in [-0.25, -0.2) is 0 Å². The van der Waals surface area contributed by atoms with Gasteiger partial charge in [-0.3, -0.25) is 4.99 Å². The Morgan fingerprint density at radius 1 is 1.55 bits per heavy atom. The maximum Gasteiger partial charge on any atom is 0.211 e. The summed E-state index contributed by atoms with van der Waals surface area (Å²) >= 11 is 0. The van der Waals surface area contributed by atoms with Gasteiger partial charge in [0.1, 0.15) is 0 Å². The summed E-state index contributed by atoms with van der Waals surface area (Å²) in [6.07, 6.45) is -1.45. The molecule has 64 valence electrons. The second kappa shape index (κ2) is 2.79. The molecule has 0 aromatic rings. The largest absolute Gasteiger partial charge is 0.369 e. The fraction of sp³-hybridized carbons (Fsp3) is 0.857. The zero-order chi connectivity index (χ0) is 8.48. The van der Waals surface area contributed by atoms with Crippen molar-refractivity contribution in [3.8, 4) is 0 Å². The molecule has 1 heterocycles. The molecule has 11 heavy (non-hydrogen) atoms. The van der Waals surface area contributed by atoms with Crippen LogP contribution in [0.5, 0.6) is 0 Å². The topological polar surface area (TPSA) is 64.9 Å². The molecule has 0 saturated carbocycles. The molecular formula is C7H14N2O2. The number of nitrogens with one attached hydrogen (secondary N) is 1. The highest BCUT2D eigenvalue weighted by Gasteiger charge is 2.24. The molecule has 1 aliphatic heterocycles. The van der Waals surface area contributed by atoms with E-state index in [1.165, 1.54) is 0 Å². The SMILES string of the molecule is CC1(C)CN=C(C(O)O)NC1. The first-order chi connectivity index (χ1) is 5.01. The lowest BCUT2D eigenvalue weighted by atomic mass is 9.92. The predicted molar refractivity (Wildman–Crippen MR) is 42.3 cm³/mol. The molecule has 0 atom stereocenters. The van der Waals surface area contributed by atoms with Crippen molar-refractivity contribution in [2.45, 2.75) is 20.1 Å². The van der Waals surface area contributed by atoms with Crippen LogP contribution in [0.25, 0.3) is 0 Å². The first-order valence-electron chi connectivity index (χ1n) is 3.66. The Kier molecular flexibility index (Phi) is 2.15. The third-order valence-corrected chi connectivity index (χ3v) is 1.67. The van der Waals surface area contributed by atoms with Crippen LogP contribution in [0.4, 0.5) is 0 Å². The van der Waals surface area contributed by atoms with Crippen LogP contribution in [0.1, 0.15) is 13.8 Å². The number of aliphatic hydroxyl groups excluding tert-OH is 1. The number of nitrogens with zero attached hydrogens (tertiary/aromatic N) is 1. The third-order valence-electron chi connectivity index (χ3n) is 1.67. The lowest BCUT2D eigenvalue weighted by Gasteiger charge is -2.29. The van der Waals surface area contributed by atoms with Gasteiger partial charge in [0.2, 0.25) is 6.29 Å². The summed E-state index contributed by atoms with van der Waals surface area (Å²) in [6, 6.07) is 0. The van der Waals surface area contributed by atoms with Gasteiger partial charge in [-0.05, 0) is 0 Å². The minimum Gasteiger partial charge on any atom is -0.369 e. The Morgan fingerprint density at radius 3 is 2.55 bits per heavy atom. The number of aliphatic imine (C=N–C) groups is 1. The van der Waals surface area contributed by atoms with E-state index in [1.54, 1.807) is 0 Å². The van der Waals surface area contributed by atoms with Gasteiger partial charge in [0.25, 0.3) is 0 Å². The van der Waals surface area contributed by atoms with Crippen LogP contribution >= 0.6 is 0 Å². The van der Waals surface area contributed by atoms with Crippen molar-refractivity contribution in [1.29, 1.82) is 0 Å². The quantitative estimate of drug-likeness (QED) is 0.443. The van der Waals surface area contributed by atoms with Crippen LogP contribution in [0.15, 0.2) is 4.99 Å². The molecule has 0 radical (unpaired) electrons. The monoisotopic (exact) mass is 158 g/mol. The lowest BCUT2D eigenvalue weighted by Crippen LogP contribution is -2.45. The molecule has 0 amide bonds. The van der Waals surface area contributed by atoms with Gasteiger partial charge in [-0.2, -0.15) is 0 Å². The summed E-state index contributed by atoms with van der Waals surface area (Å²) < 4.78 is 0. The van der Waals surface area contributed by atoms with Crippen molar-refractivity contribution in [3.63, 3.8) is 0 Å². The van der Waals surface area contributed by atoms with Crippen LogP contribution in [0.2, 0.25) is 0 Å². The summed E-state index contributed by atoms with van der Waals surface area (Å²) in [4.78, 5) is 3.99. The van der Waals surface area contributed by atoms with Crippen molar-refractivity contribution in [2.24, 2.45) is 10.4 Å². The normalized spacial score (nSPS) is 22.8. The van der Waals surface area contributed by atoms with Crippen molar-refractivity contribution in [1.82, 2.24) is 5.32 Å². The number of hydrogen-bond donors (Lipinski definition) is 3. The van der Waals surface area contributed by atoms with Crippen molar-refractivity contribution >= 4 is 5.84 Å².